The summed E-state index contributed by atoms with van der Waals surface area (Å²) in [4.78, 5) is 25.2. The van der Waals surface area contributed by atoms with Crippen LogP contribution in [0.4, 0.5) is 5.69 Å². The molecule has 1 fully saturated rings. The Morgan fingerprint density at radius 1 is 1.10 bits per heavy atom. The van der Waals surface area contributed by atoms with Crippen LogP contribution >= 0.6 is 0 Å². The molecule has 9 heteroatoms. The summed E-state index contributed by atoms with van der Waals surface area (Å²) in [6.45, 7) is 0. The van der Waals surface area contributed by atoms with Gasteiger partial charge in [-0.3, -0.25) is 9.59 Å². The van der Waals surface area contributed by atoms with Crippen LogP contribution in [0.25, 0.3) is 22.2 Å². The molecule has 0 aliphatic heterocycles. The highest BCUT2D eigenvalue weighted by Crippen LogP contribution is 2.36. The van der Waals surface area contributed by atoms with E-state index in [-0.39, 0.29) is 11.3 Å². The van der Waals surface area contributed by atoms with Crippen molar-refractivity contribution in [3.63, 3.8) is 0 Å². The maximum absolute atomic E-state index is 12.9. The van der Waals surface area contributed by atoms with Crippen molar-refractivity contribution in [2.45, 2.75) is 18.9 Å². The normalized spacial score (nSPS) is 13.6. The summed E-state index contributed by atoms with van der Waals surface area (Å²) in [5.74, 6) is 0.282. The highest BCUT2D eigenvalue weighted by molar-refractivity contribution is 6.11. The Hall–Kier alpha value is -3.88. The van der Waals surface area contributed by atoms with Gasteiger partial charge in [-0.15, -0.1) is 5.10 Å². The van der Waals surface area contributed by atoms with Crippen molar-refractivity contribution in [3.05, 3.63) is 64.6 Å². The minimum Gasteiger partial charge on any atom is -0.321 e. The molecule has 9 nitrogen and oxygen atoms in total. The first-order chi connectivity index (χ1) is 14.1. The molecule has 0 atom stereocenters. The van der Waals surface area contributed by atoms with E-state index in [2.05, 4.69) is 25.9 Å². The molecule has 2 aromatic carbocycles. The average Bonchev–Trinajstić information content (AvgIpc) is 3.47. The SMILES string of the molecule is Cn1nc(C(=O)Nc2cccc(-c3nnnn3C3CC3)c2)c2ccccc2c1=O. The molecule has 4 aromatic rings. The molecule has 0 radical (unpaired) electrons. The van der Waals surface area contributed by atoms with Crippen LogP contribution in [0.1, 0.15) is 29.4 Å². The Morgan fingerprint density at radius 2 is 1.90 bits per heavy atom. The van der Waals surface area contributed by atoms with Crippen molar-refractivity contribution < 1.29 is 4.79 Å². The van der Waals surface area contributed by atoms with E-state index >= 15 is 0 Å². The van der Waals surface area contributed by atoms with Gasteiger partial charge >= 0.3 is 0 Å². The number of hydrogen-bond donors (Lipinski definition) is 1. The van der Waals surface area contributed by atoms with E-state index in [9.17, 15) is 9.59 Å². The van der Waals surface area contributed by atoms with E-state index in [4.69, 9.17) is 0 Å². The summed E-state index contributed by atoms with van der Waals surface area (Å²) in [5.41, 5.74) is 1.36. The number of nitrogens with zero attached hydrogens (tertiary/aromatic N) is 6. The van der Waals surface area contributed by atoms with Crippen molar-refractivity contribution in [1.29, 1.82) is 0 Å². The van der Waals surface area contributed by atoms with Crippen LogP contribution in [0.3, 0.4) is 0 Å². The van der Waals surface area contributed by atoms with E-state index < -0.39 is 5.91 Å². The minimum absolute atomic E-state index is 0.191. The molecular formula is C20H17N7O2. The Kier molecular flexibility index (Phi) is 3.94. The first kappa shape index (κ1) is 17.2. The summed E-state index contributed by atoms with van der Waals surface area (Å²) in [6.07, 6.45) is 2.14. The quantitative estimate of drug-likeness (QED) is 0.575. The standard InChI is InChI=1S/C20H17N7O2/c1-26-20(29)16-8-3-2-7-15(16)17(23-26)19(28)21-13-6-4-5-12(11-13)18-22-24-25-27(18)14-9-10-14/h2-8,11,14H,9-10H2,1H3,(H,21,28). The molecule has 2 aromatic heterocycles. The Balaban J connectivity index is 1.49. The molecule has 5 rings (SSSR count). The molecule has 1 N–H and O–H groups in total. The number of amides is 1. The first-order valence-corrected chi connectivity index (χ1v) is 9.27. The number of nitrogens with one attached hydrogen (secondary N) is 1. The van der Waals surface area contributed by atoms with E-state index in [1.165, 1.54) is 11.7 Å². The minimum atomic E-state index is -0.393. The van der Waals surface area contributed by atoms with Crippen LogP contribution in [0.5, 0.6) is 0 Å². The fraction of sp³-hybridized carbons (Fsp3) is 0.200. The second-order valence-electron chi connectivity index (χ2n) is 7.04. The fourth-order valence-electron chi connectivity index (χ4n) is 3.34. The van der Waals surface area contributed by atoms with Crippen LogP contribution in [-0.4, -0.2) is 35.9 Å². The maximum atomic E-state index is 12.9. The molecule has 0 saturated heterocycles. The van der Waals surface area contributed by atoms with Crippen LogP contribution in [0.15, 0.2) is 53.3 Å². The molecule has 0 spiro atoms. The molecule has 0 bridgehead atoms. The number of tetrazole rings is 1. The van der Waals surface area contributed by atoms with Gasteiger partial charge in [-0.2, -0.15) is 5.10 Å². The van der Waals surface area contributed by atoms with Gasteiger partial charge in [-0.05, 0) is 41.5 Å². The molecular weight excluding hydrogens is 370 g/mol. The number of rotatable bonds is 4. The Morgan fingerprint density at radius 3 is 2.69 bits per heavy atom. The van der Waals surface area contributed by atoms with Gasteiger partial charge in [-0.1, -0.05) is 30.3 Å². The van der Waals surface area contributed by atoms with E-state index in [1.807, 2.05) is 22.9 Å². The van der Waals surface area contributed by atoms with Crippen molar-refractivity contribution in [1.82, 2.24) is 30.0 Å². The molecule has 144 valence electrons. The fourth-order valence-corrected chi connectivity index (χ4v) is 3.34. The van der Waals surface area contributed by atoms with E-state index in [0.717, 1.165) is 18.4 Å². The Labute approximate surface area is 165 Å². The maximum Gasteiger partial charge on any atom is 0.276 e. The Bertz CT molecular complexity index is 1300. The third-order valence-corrected chi connectivity index (χ3v) is 4.94. The monoisotopic (exact) mass is 387 g/mol. The van der Waals surface area contributed by atoms with Crippen molar-refractivity contribution in [2.75, 3.05) is 5.32 Å². The molecule has 29 heavy (non-hydrogen) atoms. The number of fused-ring (bicyclic) bond motifs is 1. The second kappa shape index (κ2) is 6.62. The zero-order chi connectivity index (χ0) is 20.0. The summed E-state index contributed by atoms with van der Waals surface area (Å²) in [6, 6.07) is 14.6. The number of hydrogen-bond acceptors (Lipinski definition) is 6. The highest BCUT2D eigenvalue weighted by atomic mass is 16.2. The third-order valence-electron chi connectivity index (χ3n) is 4.94. The lowest BCUT2D eigenvalue weighted by Crippen LogP contribution is -2.25. The summed E-state index contributed by atoms with van der Waals surface area (Å²) in [5, 5.41) is 20.0. The topological polar surface area (TPSA) is 108 Å². The predicted octanol–water partition coefficient (Wildman–Crippen LogP) is 2.17. The predicted molar refractivity (Wildman–Crippen MR) is 106 cm³/mol. The summed E-state index contributed by atoms with van der Waals surface area (Å²) < 4.78 is 3.00. The smallest absolute Gasteiger partial charge is 0.276 e. The van der Waals surface area contributed by atoms with Gasteiger partial charge in [0.1, 0.15) is 0 Å². The van der Waals surface area contributed by atoms with Gasteiger partial charge in [0.25, 0.3) is 11.5 Å². The average molecular weight is 387 g/mol. The lowest BCUT2D eigenvalue weighted by molar-refractivity contribution is 0.102. The summed E-state index contributed by atoms with van der Waals surface area (Å²) in [7, 11) is 1.53. The third kappa shape index (κ3) is 3.06. The number of anilines is 1. The number of benzene rings is 2. The molecule has 1 aliphatic rings. The van der Waals surface area contributed by atoms with E-state index in [1.54, 1.807) is 30.3 Å². The zero-order valence-corrected chi connectivity index (χ0v) is 15.6. The molecule has 0 unspecified atom stereocenters. The van der Waals surface area contributed by atoms with Gasteiger partial charge in [0.15, 0.2) is 11.5 Å². The number of carbonyl (C=O) groups excluding carboxylic acids is 1. The van der Waals surface area contributed by atoms with Crippen LogP contribution in [0, 0.1) is 0 Å². The van der Waals surface area contributed by atoms with Gasteiger partial charge < -0.3 is 5.32 Å². The van der Waals surface area contributed by atoms with Crippen molar-refractivity contribution in [2.24, 2.45) is 7.05 Å². The molecule has 2 heterocycles. The lowest BCUT2D eigenvalue weighted by atomic mass is 10.1. The van der Waals surface area contributed by atoms with E-state index in [0.29, 0.717) is 28.3 Å². The summed E-state index contributed by atoms with van der Waals surface area (Å²) >= 11 is 0. The van der Waals surface area contributed by atoms with Crippen LogP contribution < -0.4 is 10.9 Å². The number of carbonyl (C=O) groups is 1. The van der Waals surface area contributed by atoms with Crippen molar-refractivity contribution in [3.8, 4) is 11.4 Å². The molecule has 1 saturated carbocycles. The zero-order valence-electron chi connectivity index (χ0n) is 15.6. The number of aryl methyl sites for hydroxylation is 1. The van der Waals surface area contributed by atoms with Gasteiger partial charge in [0.2, 0.25) is 0 Å². The van der Waals surface area contributed by atoms with Gasteiger partial charge in [0.05, 0.1) is 11.4 Å². The van der Waals surface area contributed by atoms with Crippen LogP contribution in [-0.2, 0) is 7.05 Å². The highest BCUT2D eigenvalue weighted by Gasteiger charge is 2.28. The lowest BCUT2D eigenvalue weighted by Gasteiger charge is -2.10. The second-order valence-corrected chi connectivity index (χ2v) is 7.04. The van der Waals surface area contributed by atoms with Crippen molar-refractivity contribution >= 4 is 22.4 Å². The molecule has 1 aliphatic carbocycles. The van der Waals surface area contributed by atoms with Gasteiger partial charge in [-0.25, -0.2) is 9.36 Å². The first-order valence-electron chi connectivity index (χ1n) is 9.27. The largest absolute Gasteiger partial charge is 0.321 e. The number of aromatic nitrogens is 6. The van der Waals surface area contributed by atoms with Crippen LogP contribution in [0.2, 0.25) is 0 Å². The molecule has 1 amide bonds. The van der Waals surface area contributed by atoms with Gasteiger partial charge in [0, 0.05) is 23.7 Å².